The summed E-state index contributed by atoms with van der Waals surface area (Å²) in [7, 11) is 1.55. The molecule has 22 heavy (non-hydrogen) atoms. The average molecular weight is 322 g/mol. The van der Waals surface area contributed by atoms with Crippen LogP contribution < -0.4 is 11.1 Å². The van der Waals surface area contributed by atoms with Gasteiger partial charge in [-0.05, 0) is 0 Å². The van der Waals surface area contributed by atoms with E-state index in [1.807, 2.05) is 0 Å². The molecule has 0 radical (unpaired) electrons. The molecule has 0 aliphatic carbocycles. The Morgan fingerprint density at radius 2 is 1.09 bits per heavy atom. The SMILES string of the molecule is CNC(=O)COCCOCCOCCOCCOCC(N)=O. The first-order valence-electron chi connectivity index (χ1n) is 7.04. The van der Waals surface area contributed by atoms with Gasteiger partial charge in [-0.1, -0.05) is 0 Å². The molecule has 0 fully saturated rings. The zero-order valence-electron chi connectivity index (χ0n) is 13.0. The molecule has 0 heterocycles. The Bertz CT molecular complexity index is 290. The van der Waals surface area contributed by atoms with Crippen molar-refractivity contribution in [1.29, 1.82) is 0 Å². The highest BCUT2D eigenvalue weighted by Crippen LogP contribution is 1.83. The minimum absolute atomic E-state index is 0.0385. The second-order valence-electron chi connectivity index (χ2n) is 4.08. The number of carbonyl (C=O) groups is 2. The molecule has 0 rings (SSSR count). The summed E-state index contributed by atoms with van der Waals surface area (Å²) in [5.41, 5.74) is 4.90. The Morgan fingerprint density at radius 1 is 0.727 bits per heavy atom. The summed E-state index contributed by atoms with van der Waals surface area (Å²) >= 11 is 0. The van der Waals surface area contributed by atoms with Crippen LogP contribution in [0.25, 0.3) is 0 Å². The van der Waals surface area contributed by atoms with E-state index in [1.165, 1.54) is 0 Å². The predicted molar refractivity (Wildman–Crippen MR) is 77.4 cm³/mol. The maximum Gasteiger partial charge on any atom is 0.245 e. The van der Waals surface area contributed by atoms with Crippen LogP contribution in [-0.2, 0) is 33.3 Å². The first-order valence-corrected chi connectivity index (χ1v) is 7.04. The van der Waals surface area contributed by atoms with Gasteiger partial charge in [0, 0.05) is 7.05 Å². The number of hydrogen-bond donors (Lipinski definition) is 2. The molecule has 130 valence electrons. The van der Waals surface area contributed by atoms with Crippen LogP contribution >= 0.6 is 0 Å². The van der Waals surface area contributed by atoms with Crippen molar-refractivity contribution in [3.8, 4) is 0 Å². The summed E-state index contributed by atoms with van der Waals surface area (Å²) in [5.74, 6) is -0.661. The van der Waals surface area contributed by atoms with E-state index in [1.54, 1.807) is 7.05 Å². The van der Waals surface area contributed by atoms with Gasteiger partial charge < -0.3 is 34.7 Å². The Kier molecular flexibility index (Phi) is 15.2. The van der Waals surface area contributed by atoms with Crippen molar-refractivity contribution in [3.05, 3.63) is 0 Å². The van der Waals surface area contributed by atoms with E-state index in [9.17, 15) is 9.59 Å². The van der Waals surface area contributed by atoms with Crippen LogP contribution in [0.2, 0.25) is 0 Å². The van der Waals surface area contributed by atoms with Gasteiger partial charge in [-0.3, -0.25) is 9.59 Å². The summed E-state index contributed by atoms with van der Waals surface area (Å²) < 4.78 is 25.7. The van der Waals surface area contributed by atoms with Gasteiger partial charge in [0.15, 0.2) is 0 Å². The van der Waals surface area contributed by atoms with Gasteiger partial charge in [-0.15, -0.1) is 0 Å². The molecule has 0 aliphatic heterocycles. The Balaban J connectivity index is 3.02. The summed E-state index contributed by atoms with van der Waals surface area (Å²) in [4.78, 5) is 21.2. The third-order valence-electron chi connectivity index (χ3n) is 2.24. The van der Waals surface area contributed by atoms with Crippen LogP contribution in [0.15, 0.2) is 0 Å². The van der Waals surface area contributed by atoms with Crippen LogP contribution in [0.4, 0.5) is 0 Å². The molecule has 0 saturated carbocycles. The smallest absolute Gasteiger partial charge is 0.245 e. The van der Waals surface area contributed by atoms with Crippen LogP contribution in [-0.4, -0.2) is 84.9 Å². The minimum atomic E-state index is -0.498. The molecule has 0 unspecified atom stereocenters. The van der Waals surface area contributed by atoms with Crippen LogP contribution in [0.1, 0.15) is 0 Å². The predicted octanol–water partition coefficient (Wildman–Crippen LogP) is -1.70. The average Bonchev–Trinajstić information content (AvgIpc) is 2.50. The van der Waals surface area contributed by atoms with Crippen LogP contribution in [0.3, 0.4) is 0 Å². The highest BCUT2D eigenvalue weighted by molar-refractivity contribution is 5.76. The molecule has 0 aromatic rings. The fourth-order valence-corrected chi connectivity index (χ4v) is 1.19. The summed E-state index contributed by atoms with van der Waals surface area (Å²) in [6.07, 6.45) is 0. The van der Waals surface area contributed by atoms with Crippen molar-refractivity contribution >= 4 is 11.8 Å². The summed E-state index contributed by atoms with van der Waals surface area (Å²) in [6.45, 7) is 3.22. The quantitative estimate of drug-likeness (QED) is 0.325. The van der Waals surface area contributed by atoms with Crippen LogP contribution in [0, 0.1) is 0 Å². The number of ether oxygens (including phenoxy) is 5. The molecule has 9 nitrogen and oxygen atoms in total. The van der Waals surface area contributed by atoms with Crippen molar-refractivity contribution in [2.45, 2.75) is 0 Å². The lowest BCUT2D eigenvalue weighted by atomic mass is 10.6. The molecule has 0 aromatic heterocycles. The molecule has 0 aliphatic rings. The number of rotatable bonds is 16. The highest BCUT2D eigenvalue weighted by atomic mass is 16.6. The zero-order chi connectivity index (χ0) is 16.5. The van der Waals surface area contributed by atoms with E-state index in [0.717, 1.165) is 0 Å². The molecule has 2 amide bonds. The van der Waals surface area contributed by atoms with Gasteiger partial charge >= 0.3 is 0 Å². The third-order valence-corrected chi connectivity index (χ3v) is 2.24. The zero-order valence-corrected chi connectivity index (χ0v) is 13.0. The number of hydrogen-bond acceptors (Lipinski definition) is 7. The number of carbonyl (C=O) groups excluding carboxylic acids is 2. The number of nitrogens with one attached hydrogen (secondary N) is 1. The van der Waals surface area contributed by atoms with Crippen molar-refractivity contribution in [2.24, 2.45) is 5.73 Å². The Hall–Kier alpha value is -1.26. The summed E-state index contributed by atoms with van der Waals surface area (Å²) in [5, 5.41) is 2.45. The van der Waals surface area contributed by atoms with E-state index in [-0.39, 0.29) is 19.1 Å². The van der Waals surface area contributed by atoms with E-state index in [4.69, 9.17) is 29.4 Å². The molecular formula is C13H26N2O7. The van der Waals surface area contributed by atoms with Gasteiger partial charge in [0.25, 0.3) is 0 Å². The molecule has 3 N–H and O–H groups in total. The maximum atomic E-state index is 10.8. The molecule has 0 atom stereocenters. The van der Waals surface area contributed by atoms with Gasteiger partial charge in [-0.2, -0.15) is 0 Å². The minimum Gasteiger partial charge on any atom is -0.377 e. The van der Waals surface area contributed by atoms with Gasteiger partial charge in [0.2, 0.25) is 11.8 Å². The molecular weight excluding hydrogens is 296 g/mol. The monoisotopic (exact) mass is 322 g/mol. The number of primary amides is 1. The second-order valence-corrected chi connectivity index (χ2v) is 4.08. The molecule has 0 saturated heterocycles. The fraction of sp³-hybridized carbons (Fsp3) is 0.846. The van der Waals surface area contributed by atoms with E-state index < -0.39 is 5.91 Å². The van der Waals surface area contributed by atoms with Crippen molar-refractivity contribution in [3.63, 3.8) is 0 Å². The number of nitrogens with two attached hydrogens (primary N) is 1. The third kappa shape index (κ3) is 16.8. The summed E-state index contributed by atoms with van der Waals surface area (Å²) in [6, 6.07) is 0. The topological polar surface area (TPSA) is 118 Å². The van der Waals surface area contributed by atoms with E-state index >= 15 is 0 Å². The van der Waals surface area contributed by atoms with Crippen molar-refractivity contribution in [1.82, 2.24) is 5.32 Å². The van der Waals surface area contributed by atoms with E-state index in [0.29, 0.717) is 52.9 Å². The molecule has 0 spiro atoms. The van der Waals surface area contributed by atoms with Gasteiger partial charge in [0.05, 0.1) is 52.9 Å². The van der Waals surface area contributed by atoms with Crippen molar-refractivity contribution < 1.29 is 33.3 Å². The van der Waals surface area contributed by atoms with Crippen molar-refractivity contribution in [2.75, 3.05) is 73.1 Å². The number of amides is 2. The van der Waals surface area contributed by atoms with Gasteiger partial charge in [-0.25, -0.2) is 0 Å². The Morgan fingerprint density at radius 3 is 1.45 bits per heavy atom. The first kappa shape index (κ1) is 20.7. The fourth-order valence-electron chi connectivity index (χ4n) is 1.19. The van der Waals surface area contributed by atoms with Gasteiger partial charge in [0.1, 0.15) is 13.2 Å². The lowest BCUT2D eigenvalue weighted by molar-refractivity contribution is -0.125. The lowest BCUT2D eigenvalue weighted by Gasteiger charge is -2.07. The molecule has 0 bridgehead atoms. The normalized spacial score (nSPS) is 10.6. The largest absolute Gasteiger partial charge is 0.377 e. The first-order chi connectivity index (χ1) is 10.7. The molecule has 9 heteroatoms. The Labute approximate surface area is 130 Å². The standard InChI is InChI=1S/C13H26N2O7/c1-15-13(17)11-22-9-7-20-5-3-18-2-4-19-6-8-21-10-12(14)16/h2-11H2,1H3,(H2,14,16)(H,15,17). The lowest BCUT2D eigenvalue weighted by Crippen LogP contribution is -2.24. The highest BCUT2D eigenvalue weighted by Gasteiger charge is 1.97. The van der Waals surface area contributed by atoms with Crippen LogP contribution in [0.5, 0.6) is 0 Å². The second kappa shape index (κ2) is 16.1. The maximum absolute atomic E-state index is 10.8. The number of likely N-dealkylation sites (N-methyl/N-ethyl adjacent to an activating group) is 1. The van der Waals surface area contributed by atoms with E-state index in [2.05, 4.69) is 5.32 Å². The molecule has 0 aromatic carbocycles.